The number of esters is 1. The summed E-state index contributed by atoms with van der Waals surface area (Å²) >= 11 is 0. The topological polar surface area (TPSA) is 80.6 Å². The van der Waals surface area contributed by atoms with Gasteiger partial charge >= 0.3 is 5.97 Å². The smallest absolute Gasteiger partial charge is 0.348 e. The summed E-state index contributed by atoms with van der Waals surface area (Å²) in [6.07, 6.45) is 7.03. The Kier molecular flexibility index (Phi) is 14.8. The van der Waals surface area contributed by atoms with Crippen molar-refractivity contribution in [3.63, 3.8) is 0 Å². The molecular formula is C18H30N2O4. The fourth-order valence-electron chi connectivity index (χ4n) is 1.93. The molecule has 0 unspecified atom stereocenters. The summed E-state index contributed by atoms with van der Waals surface area (Å²) in [4.78, 5) is 11.7. The van der Waals surface area contributed by atoms with Crippen molar-refractivity contribution in [1.29, 1.82) is 5.26 Å². The molecule has 6 heteroatoms. The Labute approximate surface area is 145 Å². The number of unbranched alkanes of at least 4 members (excludes halogenated alkanes) is 1. The Morgan fingerprint density at radius 3 is 2.67 bits per heavy atom. The van der Waals surface area contributed by atoms with Gasteiger partial charge in [0, 0.05) is 32.6 Å². The quantitative estimate of drug-likeness (QED) is 0.227. The molecule has 0 saturated heterocycles. The van der Waals surface area contributed by atoms with Crippen LogP contribution in [-0.2, 0) is 19.0 Å². The highest BCUT2D eigenvalue weighted by Gasteiger charge is 2.09. The maximum Gasteiger partial charge on any atom is 0.348 e. The van der Waals surface area contributed by atoms with Gasteiger partial charge in [-0.3, -0.25) is 0 Å². The van der Waals surface area contributed by atoms with E-state index in [2.05, 4.69) is 5.32 Å². The molecule has 0 rings (SSSR count). The summed E-state index contributed by atoms with van der Waals surface area (Å²) in [6.45, 7) is 6.56. The molecule has 0 aromatic rings. The molecule has 0 aliphatic heterocycles. The first-order valence-corrected chi connectivity index (χ1v) is 8.42. The first kappa shape index (κ1) is 22.2. The third-order valence-electron chi connectivity index (χ3n) is 3.23. The monoisotopic (exact) mass is 338 g/mol. The van der Waals surface area contributed by atoms with E-state index < -0.39 is 5.97 Å². The minimum absolute atomic E-state index is 0.0570. The number of hydrogen-bond acceptors (Lipinski definition) is 6. The Bertz CT molecular complexity index is 439. The summed E-state index contributed by atoms with van der Waals surface area (Å²) in [6, 6.07) is 1.89. The van der Waals surface area contributed by atoms with Gasteiger partial charge in [-0.1, -0.05) is 12.2 Å². The van der Waals surface area contributed by atoms with Crippen molar-refractivity contribution in [2.24, 2.45) is 0 Å². The highest BCUT2D eigenvalue weighted by atomic mass is 16.6. The van der Waals surface area contributed by atoms with E-state index in [0.29, 0.717) is 19.6 Å². The van der Waals surface area contributed by atoms with Gasteiger partial charge in [-0.25, -0.2) is 4.79 Å². The molecule has 1 N–H and O–H groups in total. The van der Waals surface area contributed by atoms with Gasteiger partial charge in [0.15, 0.2) is 0 Å². The summed E-state index contributed by atoms with van der Waals surface area (Å²) < 4.78 is 15.1. The fourth-order valence-corrected chi connectivity index (χ4v) is 1.93. The van der Waals surface area contributed by atoms with E-state index in [1.807, 2.05) is 26.0 Å². The molecule has 0 heterocycles. The fraction of sp³-hybridized carbons (Fsp3) is 0.667. The van der Waals surface area contributed by atoms with Gasteiger partial charge in [0.2, 0.25) is 0 Å². The minimum Gasteiger partial charge on any atom is -0.459 e. The lowest BCUT2D eigenvalue weighted by molar-refractivity contribution is -0.140. The molecule has 0 atom stereocenters. The van der Waals surface area contributed by atoms with Crippen LogP contribution in [0.25, 0.3) is 0 Å². The van der Waals surface area contributed by atoms with Crippen molar-refractivity contribution < 1.29 is 19.0 Å². The van der Waals surface area contributed by atoms with Crippen molar-refractivity contribution in [2.75, 3.05) is 40.1 Å². The van der Waals surface area contributed by atoms with Gasteiger partial charge in [0.1, 0.15) is 18.2 Å². The maximum absolute atomic E-state index is 11.7. The van der Waals surface area contributed by atoms with E-state index in [1.165, 1.54) is 0 Å². The van der Waals surface area contributed by atoms with E-state index in [1.54, 1.807) is 13.2 Å². The molecular weight excluding hydrogens is 308 g/mol. The van der Waals surface area contributed by atoms with Crippen LogP contribution in [0.3, 0.4) is 0 Å². The van der Waals surface area contributed by atoms with Crippen LogP contribution in [0.1, 0.15) is 39.5 Å². The van der Waals surface area contributed by atoms with Crippen LogP contribution in [0.5, 0.6) is 0 Å². The van der Waals surface area contributed by atoms with Crippen LogP contribution < -0.4 is 5.32 Å². The second kappa shape index (κ2) is 16.0. The lowest BCUT2D eigenvalue weighted by Crippen LogP contribution is -2.16. The summed E-state index contributed by atoms with van der Waals surface area (Å²) in [5, 5.41) is 12.4. The summed E-state index contributed by atoms with van der Waals surface area (Å²) in [5.74, 6) is -0.582. The Morgan fingerprint density at radius 1 is 1.25 bits per heavy atom. The van der Waals surface area contributed by atoms with Crippen LogP contribution in [0.4, 0.5) is 0 Å². The standard InChI is InChI=1S/C18H30N2O4/c1-4-17(20-11-8-12-22-3)10-7-6-9-16(15-19)18(21)24-14-13-23-5-2/h4,9,20H,5-8,10-14H2,1-3H3/b16-9+,17-4+. The molecule has 0 aliphatic carbocycles. The van der Waals surface area contributed by atoms with Crippen molar-refractivity contribution >= 4 is 5.97 Å². The second-order valence-corrected chi connectivity index (χ2v) is 5.04. The van der Waals surface area contributed by atoms with E-state index in [0.717, 1.165) is 38.1 Å². The minimum atomic E-state index is -0.582. The SMILES string of the molecule is C/C=C(\CCC/C=C(\C#N)C(=O)OCCOCC)NCCCOC. The number of carbonyl (C=O) groups excluding carboxylic acids is 1. The van der Waals surface area contributed by atoms with Gasteiger partial charge in [-0.15, -0.1) is 0 Å². The second-order valence-electron chi connectivity index (χ2n) is 5.04. The van der Waals surface area contributed by atoms with E-state index in [4.69, 9.17) is 19.5 Å². The average molecular weight is 338 g/mol. The highest BCUT2D eigenvalue weighted by molar-refractivity contribution is 5.92. The molecule has 0 aromatic heterocycles. The van der Waals surface area contributed by atoms with E-state index in [9.17, 15) is 4.79 Å². The van der Waals surface area contributed by atoms with Gasteiger partial charge in [-0.05, 0) is 39.5 Å². The third-order valence-corrected chi connectivity index (χ3v) is 3.23. The van der Waals surface area contributed by atoms with Gasteiger partial charge < -0.3 is 19.5 Å². The zero-order chi connectivity index (χ0) is 18.0. The van der Waals surface area contributed by atoms with Crippen LogP contribution in [0, 0.1) is 11.3 Å². The number of methoxy groups -OCH3 is 1. The molecule has 0 amide bonds. The molecule has 6 nitrogen and oxygen atoms in total. The zero-order valence-electron chi connectivity index (χ0n) is 15.1. The molecule has 0 aliphatic rings. The number of rotatable bonds is 14. The van der Waals surface area contributed by atoms with E-state index in [-0.39, 0.29) is 12.2 Å². The number of ether oxygens (including phenoxy) is 3. The third kappa shape index (κ3) is 11.7. The van der Waals surface area contributed by atoms with Crippen molar-refractivity contribution in [2.45, 2.75) is 39.5 Å². The number of nitriles is 1. The molecule has 0 saturated carbocycles. The van der Waals surface area contributed by atoms with Crippen molar-refractivity contribution in [3.05, 3.63) is 23.4 Å². The van der Waals surface area contributed by atoms with Crippen molar-refractivity contribution in [1.82, 2.24) is 5.32 Å². The first-order valence-electron chi connectivity index (χ1n) is 8.42. The van der Waals surface area contributed by atoms with Gasteiger partial charge in [0.25, 0.3) is 0 Å². The Morgan fingerprint density at radius 2 is 2.04 bits per heavy atom. The Hall–Kier alpha value is -1.84. The zero-order valence-corrected chi connectivity index (χ0v) is 15.1. The van der Waals surface area contributed by atoms with Crippen LogP contribution >= 0.6 is 0 Å². The maximum atomic E-state index is 11.7. The number of nitrogens with one attached hydrogen (secondary N) is 1. The molecule has 24 heavy (non-hydrogen) atoms. The largest absolute Gasteiger partial charge is 0.459 e. The van der Waals surface area contributed by atoms with Crippen LogP contribution in [0.2, 0.25) is 0 Å². The summed E-state index contributed by atoms with van der Waals surface area (Å²) in [7, 11) is 1.69. The van der Waals surface area contributed by atoms with Gasteiger partial charge in [-0.2, -0.15) is 5.26 Å². The van der Waals surface area contributed by atoms with Crippen LogP contribution in [-0.4, -0.2) is 46.1 Å². The lowest BCUT2D eigenvalue weighted by Gasteiger charge is -2.10. The predicted molar refractivity (Wildman–Crippen MR) is 93.3 cm³/mol. The molecule has 0 spiro atoms. The Balaban J connectivity index is 4.06. The van der Waals surface area contributed by atoms with Crippen LogP contribution in [0.15, 0.2) is 23.4 Å². The molecule has 0 radical (unpaired) electrons. The normalized spacial score (nSPS) is 11.9. The molecule has 0 aromatic carbocycles. The number of allylic oxidation sites excluding steroid dienone is 3. The van der Waals surface area contributed by atoms with Gasteiger partial charge in [0.05, 0.1) is 6.61 Å². The number of carbonyl (C=O) groups is 1. The first-order chi connectivity index (χ1) is 11.7. The highest BCUT2D eigenvalue weighted by Crippen LogP contribution is 2.08. The predicted octanol–water partition coefficient (Wildman–Crippen LogP) is 2.72. The average Bonchev–Trinajstić information content (AvgIpc) is 2.60. The van der Waals surface area contributed by atoms with Crippen molar-refractivity contribution in [3.8, 4) is 6.07 Å². The molecule has 0 fully saturated rings. The van der Waals surface area contributed by atoms with E-state index >= 15 is 0 Å². The number of nitrogens with zero attached hydrogens (tertiary/aromatic N) is 1. The molecule has 0 bridgehead atoms. The number of hydrogen-bond donors (Lipinski definition) is 1. The molecule has 136 valence electrons. The lowest BCUT2D eigenvalue weighted by atomic mass is 10.1. The summed E-state index contributed by atoms with van der Waals surface area (Å²) in [5.41, 5.74) is 1.22.